The number of carbonyl (C=O) groups is 1. The SMILES string of the molecule is COc1cc(C(=O)N2CC[C@@H](n3c(C)nc4ccccc43)C2)ccn1. The summed E-state index contributed by atoms with van der Waals surface area (Å²) in [4.78, 5) is 23.4. The number of hydrogen-bond donors (Lipinski definition) is 0. The van der Waals surface area contributed by atoms with Gasteiger partial charge in [-0.15, -0.1) is 0 Å². The minimum atomic E-state index is 0.0188. The predicted molar refractivity (Wildman–Crippen MR) is 94.8 cm³/mol. The molecule has 0 radical (unpaired) electrons. The van der Waals surface area contributed by atoms with Crippen molar-refractivity contribution >= 4 is 16.9 Å². The fourth-order valence-corrected chi connectivity index (χ4v) is 3.60. The summed E-state index contributed by atoms with van der Waals surface area (Å²) < 4.78 is 7.38. The standard InChI is InChI=1S/C19H20N4O2/c1-13-21-16-5-3-4-6-17(16)23(13)15-8-10-22(12-15)19(24)14-7-9-20-18(11-14)25-2/h3-7,9,11,15H,8,10,12H2,1-2H3/t15-/m1/s1. The molecule has 1 aliphatic heterocycles. The second-order valence-corrected chi connectivity index (χ2v) is 6.30. The van der Waals surface area contributed by atoms with Crippen molar-refractivity contribution in [2.45, 2.75) is 19.4 Å². The Morgan fingerprint density at radius 1 is 1.28 bits per heavy atom. The van der Waals surface area contributed by atoms with Crippen molar-refractivity contribution in [2.24, 2.45) is 0 Å². The lowest BCUT2D eigenvalue weighted by atomic mass is 10.2. The maximum absolute atomic E-state index is 12.8. The minimum absolute atomic E-state index is 0.0188. The van der Waals surface area contributed by atoms with Gasteiger partial charge in [0.2, 0.25) is 5.88 Å². The van der Waals surface area contributed by atoms with Crippen molar-refractivity contribution < 1.29 is 9.53 Å². The summed E-state index contributed by atoms with van der Waals surface area (Å²) in [6, 6.07) is 11.8. The average molecular weight is 336 g/mol. The lowest BCUT2D eigenvalue weighted by molar-refractivity contribution is 0.0787. The van der Waals surface area contributed by atoms with E-state index in [2.05, 4.69) is 20.6 Å². The Kier molecular flexibility index (Phi) is 3.87. The number of benzene rings is 1. The molecule has 0 bridgehead atoms. The molecule has 25 heavy (non-hydrogen) atoms. The van der Waals surface area contributed by atoms with Gasteiger partial charge in [-0.1, -0.05) is 12.1 Å². The number of likely N-dealkylation sites (tertiary alicyclic amines) is 1. The number of methoxy groups -OCH3 is 1. The number of carbonyl (C=O) groups excluding carboxylic acids is 1. The zero-order valence-corrected chi connectivity index (χ0v) is 14.3. The van der Waals surface area contributed by atoms with Crippen molar-refractivity contribution in [1.82, 2.24) is 19.4 Å². The van der Waals surface area contributed by atoms with Crippen LogP contribution in [0.1, 0.15) is 28.6 Å². The van der Waals surface area contributed by atoms with E-state index in [0.29, 0.717) is 18.0 Å². The number of ether oxygens (including phenoxy) is 1. The number of hydrogen-bond acceptors (Lipinski definition) is 4. The summed E-state index contributed by atoms with van der Waals surface area (Å²) in [6.07, 6.45) is 2.53. The summed E-state index contributed by atoms with van der Waals surface area (Å²) >= 11 is 0. The number of aromatic nitrogens is 3. The average Bonchev–Trinajstić information content (AvgIpc) is 3.24. The van der Waals surface area contributed by atoms with Gasteiger partial charge < -0.3 is 14.2 Å². The van der Waals surface area contributed by atoms with Crippen LogP contribution < -0.4 is 4.74 Å². The van der Waals surface area contributed by atoms with E-state index in [4.69, 9.17) is 4.74 Å². The zero-order chi connectivity index (χ0) is 17.4. The molecule has 3 heterocycles. The Bertz CT molecular complexity index is 934. The largest absolute Gasteiger partial charge is 0.481 e. The van der Waals surface area contributed by atoms with Crippen LogP contribution in [0.5, 0.6) is 5.88 Å². The number of aryl methyl sites for hydroxylation is 1. The smallest absolute Gasteiger partial charge is 0.254 e. The third-order valence-electron chi connectivity index (χ3n) is 4.78. The van der Waals surface area contributed by atoms with E-state index < -0.39 is 0 Å². The molecular formula is C19H20N4O2. The third-order valence-corrected chi connectivity index (χ3v) is 4.78. The number of fused-ring (bicyclic) bond motifs is 1. The van der Waals surface area contributed by atoms with Crippen LogP contribution in [0.2, 0.25) is 0 Å². The molecule has 3 aromatic rings. The maximum atomic E-state index is 12.8. The summed E-state index contributed by atoms with van der Waals surface area (Å²) in [5, 5.41) is 0. The Morgan fingerprint density at radius 2 is 2.12 bits per heavy atom. The topological polar surface area (TPSA) is 60.2 Å². The van der Waals surface area contributed by atoms with E-state index >= 15 is 0 Å². The normalized spacial score (nSPS) is 17.2. The van der Waals surface area contributed by atoms with Gasteiger partial charge in [0.25, 0.3) is 5.91 Å². The Balaban J connectivity index is 1.58. The second kappa shape index (κ2) is 6.20. The summed E-state index contributed by atoms with van der Waals surface area (Å²) in [7, 11) is 1.55. The highest BCUT2D eigenvalue weighted by molar-refractivity contribution is 5.94. The first kappa shape index (κ1) is 15.6. The molecule has 6 nitrogen and oxygen atoms in total. The summed E-state index contributed by atoms with van der Waals surface area (Å²) in [6.45, 7) is 3.45. The first-order valence-corrected chi connectivity index (χ1v) is 8.40. The first-order chi connectivity index (χ1) is 12.2. The quantitative estimate of drug-likeness (QED) is 0.738. The van der Waals surface area contributed by atoms with Crippen molar-refractivity contribution in [3.05, 3.63) is 54.0 Å². The molecule has 0 saturated carbocycles. The molecule has 1 aliphatic rings. The van der Waals surface area contributed by atoms with E-state index in [-0.39, 0.29) is 11.9 Å². The van der Waals surface area contributed by atoms with Gasteiger partial charge in [-0.3, -0.25) is 4.79 Å². The number of amides is 1. The van der Waals surface area contributed by atoms with Gasteiger partial charge in [0.05, 0.1) is 24.2 Å². The monoisotopic (exact) mass is 336 g/mol. The highest BCUT2D eigenvalue weighted by atomic mass is 16.5. The third kappa shape index (κ3) is 2.73. The van der Waals surface area contributed by atoms with Crippen LogP contribution in [-0.4, -0.2) is 45.5 Å². The van der Waals surface area contributed by atoms with Crippen LogP contribution in [-0.2, 0) is 0 Å². The van der Waals surface area contributed by atoms with Crippen molar-refractivity contribution in [3.63, 3.8) is 0 Å². The Hall–Kier alpha value is -2.89. The molecule has 0 aliphatic carbocycles. The highest BCUT2D eigenvalue weighted by Gasteiger charge is 2.30. The van der Waals surface area contributed by atoms with E-state index in [1.165, 1.54) is 0 Å². The van der Waals surface area contributed by atoms with Crippen LogP contribution in [0.3, 0.4) is 0 Å². The van der Waals surface area contributed by atoms with Crippen LogP contribution in [0.4, 0.5) is 0 Å². The fourth-order valence-electron chi connectivity index (χ4n) is 3.60. The van der Waals surface area contributed by atoms with E-state index in [1.54, 1.807) is 25.4 Å². The fraction of sp³-hybridized carbons (Fsp3) is 0.316. The summed E-state index contributed by atoms with van der Waals surface area (Å²) in [5.74, 6) is 1.47. The number of pyridine rings is 1. The van der Waals surface area contributed by atoms with Crippen molar-refractivity contribution in [3.8, 4) is 5.88 Å². The number of rotatable bonds is 3. The summed E-state index contributed by atoms with van der Waals surface area (Å²) in [5.41, 5.74) is 2.74. The molecule has 0 unspecified atom stereocenters. The number of imidazole rings is 1. The number of nitrogens with zero attached hydrogens (tertiary/aromatic N) is 4. The van der Waals surface area contributed by atoms with Crippen molar-refractivity contribution in [2.75, 3.05) is 20.2 Å². The molecule has 1 fully saturated rings. The van der Waals surface area contributed by atoms with E-state index in [9.17, 15) is 4.79 Å². The van der Waals surface area contributed by atoms with E-state index in [0.717, 1.165) is 29.8 Å². The predicted octanol–water partition coefficient (Wildman–Crippen LogP) is 2.84. The van der Waals surface area contributed by atoms with E-state index in [1.807, 2.05) is 30.0 Å². The van der Waals surface area contributed by atoms with Gasteiger partial charge in [-0.05, 0) is 31.5 Å². The van der Waals surface area contributed by atoms with Crippen LogP contribution >= 0.6 is 0 Å². The van der Waals surface area contributed by atoms with Crippen LogP contribution in [0.25, 0.3) is 11.0 Å². The van der Waals surface area contributed by atoms with Gasteiger partial charge >= 0.3 is 0 Å². The lowest BCUT2D eigenvalue weighted by Gasteiger charge is -2.18. The molecule has 1 aromatic carbocycles. The second-order valence-electron chi connectivity index (χ2n) is 6.30. The first-order valence-electron chi connectivity index (χ1n) is 8.40. The molecule has 0 N–H and O–H groups in total. The molecular weight excluding hydrogens is 316 g/mol. The zero-order valence-electron chi connectivity index (χ0n) is 14.3. The molecule has 128 valence electrons. The maximum Gasteiger partial charge on any atom is 0.254 e. The Morgan fingerprint density at radius 3 is 2.96 bits per heavy atom. The van der Waals surface area contributed by atoms with Crippen molar-refractivity contribution in [1.29, 1.82) is 0 Å². The molecule has 2 aromatic heterocycles. The van der Waals surface area contributed by atoms with Gasteiger partial charge in [-0.25, -0.2) is 9.97 Å². The highest BCUT2D eigenvalue weighted by Crippen LogP contribution is 2.29. The van der Waals surface area contributed by atoms with Gasteiger partial charge in [0, 0.05) is 30.9 Å². The molecule has 4 rings (SSSR count). The van der Waals surface area contributed by atoms with Crippen LogP contribution in [0.15, 0.2) is 42.6 Å². The molecule has 0 spiro atoms. The number of para-hydroxylation sites is 2. The minimum Gasteiger partial charge on any atom is -0.481 e. The van der Waals surface area contributed by atoms with Gasteiger partial charge in [0.1, 0.15) is 5.82 Å². The molecule has 6 heteroatoms. The molecule has 1 atom stereocenters. The van der Waals surface area contributed by atoms with Gasteiger partial charge in [-0.2, -0.15) is 0 Å². The van der Waals surface area contributed by atoms with Gasteiger partial charge in [0.15, 0.2) is 0 Å². The Labute approximate surface area is 146 Å². The lowest BCUT2D eigenvalue weighted by Crippen LogP contribution is -2.29. The molecule has 1 amide bonds. The van der Waals surface area contributed by atoms with Crippen LogP contribution in [0, 0.1) is 6.92 Å². The molecule has 1 saturated heterocycles.